The first kappa shape index (κ1) is 14.8. The van der Waals surface area contributed by atoms with Crippen molar-refractivity contribution in [1.82, 2.24) is 10.3 Å². The van der Waals surface area contributed by atoms with Crippen LogP contribution >= 0.6 is 0 Å². The molecule has 0 spiro atoms. The van der Waals surface area contributed by atoms with Crippen LogP contribution in [0.15, 0.2) is 42.6 Å². The molecule has 0 unspecified atom stereocenters. The Bertz CT molecular complexity index is 609. The predicted molar refractivity (Wildman–Crippen MR) is 82.7 cm³/mol. The number of methoxy groups -OCH3 is 1. The normalized spacial score (nSPS) is 10.0. The molecule has 0 radical (unpaired) electrons. The zero-order valence-electron chi connectivity index (χ0n) is 12.5. The summed E-state index contributed by atoms with van der Waals surface area (Å²) < 4.78 is 5.05. The highest BCUT2D eigenvalue weighted by molar-refractivity contribution is 5.94. The lowest BCUT2D eigenvalue weighted by atomic mass is 10.2. The average molecular weight is 285 g/mol. The third-order valence-corrected chi connectivity index (χ3v) is 3.11. The molecule has 21 heavy (non-hydrogen) atoms. The summed E-state index contributed by atoms with van der Waals surface area (Å²) in [6.45, 7) is 0.438. The molecule has 0 saturated carbocycles. The minimum absolute atomic E-state index is 0.101. The van der Waals surface area contributed by atoms with Crippen LogP contribution in [0.5, 0.6) is 5.88 Å². The number of hydrogen-bond donors (Lipinski definition) is 1. The molecule has 5 nitrogen and oxygen atoms in total. The lowest BCUT2D eigenvalue weighted by Crippen LogP contribution is -2.22. The van der Waals surface area contributed by atoms with E-state index in [9.17, 15) is 4.79 Å². The van der Waals surface area contributed by atoms with E-state index in [0.29, 0.717) is 18.0 Å². The van der Waals surface area contributed by atoms with Crippen LogP contribution in [0.1, 0.15) is 15.9 Å². The van der Waals surface area contributed by atoms with Crippen LogP contribution < -0.4 is 15.0 Å². The SMILES string of the molecule is COc1cc(CNC(=O)c2ccc(N(C)C)cc2)ccn1. The van der Waals surface area contributed by atoms with E-state index < -0.39 is 0 Å². The maximum atomic E-state index is 12.1. The number of pyridine rings is 1. The molecule has 0 atom stereocenters. The van der Waals surface area contributed by atoms with Crippen LogP contribution in [-0.4, -0.2) is 32.1 Å². The van der Waals surface area contributed by atoms with Gasteiger partial charge in [0, 0.05) is 44.2 Å². The molecule has 0 aliphatic rings. The summed E-state index contributed by atoms with van der Waals surface area (Å²) in [7, 11) is 5.49. The van der Waals surface area contributed by atoms with Gasteiger partial charge in [0.25, 0.3) is 5.91 Å². The van der Waals surface area contributed by atoms with Gasteiger partial charge in [-0.1, -0.05) is 0 Å². The van der Waals surface area contributed by atoms with Crippen LogP contribution in [0.3, 0.4) is 0 Å². The molecule has 0 saturated heterocycles. The highest BCUT2D eigenvalue weighted by atomic mass is 16.5. The Balaban J connectivity index is 1.97. The third-order valence-electron chi connectivity index (χ3n) is 3.11. The highest BCUT2D eigenvalue weighted by Crippen LogP contribution is 2.12. The van der Waals surface area contributed by atoms with Crippen molar-refractivity contribution in [2.24, 2.45) is 0 Å². The number of benzene rings is 1. The molecule has 1 N–H and O–H groups in total. The second kappa shape index (κ2) is 6.74. The molecule has 0 aliphatic carbocycles. The second-order valence-corrected chi connectivity index (χ2v) is 4.83. The molecule has 1 aromatic heterocycles. The summed E-state index contributed by atoms with van der Waals surface area (Å²) in [5.74, 6) is 0.438. The van der Waals surface area contributed by atoms with Gasteiger partial charge < -0.3 is 15.0 Å². The topological polar surface area (TPSA) is 54.5 Å². The predicted octanol–water partition coefficient (Wildman–Crippen LogP) is 2.09. The fourth-order valence-corrected chi connectivity index (χ4v) is 1.87. The van der Waals surface area contributed by atoms with Crippen molar-refractivity contribution in [2.45, 2.75) is 6.54 Å². The molecule has 1 heterocycles. The first-order valence-corrected chi connectivity index (χ1v) is 6.64. The number of anilines is 1. The molecule has 5 heteroatoms. The maximum Gasteiger partial charge on any atom is 0.251 e. The van der Waals surface area contributed by atoms with Gasteiger partial charge in [-0.2, -0.15) is 0 Å². The van der Waals surface area contributed by atoms with Crippen molar-refractivity contribution in [3.8, 4) is 5.88 Å². The fraction of sp³-hybridized carbons (Fsp3) is 0.250. The number of carbonyl (C=O) groups is 1. The van der Waals surface area contributed by atoms with E-state index in [1.807, 2.05) is 49.3 Å². The van der Waals surface area contributed by atoms with Gasteiger partial charge in [-0.05, 0) is 35.9 Å². The van der Waals surface area contributed by atoms with Crippen LogP contribution in [-0.2, 0) is 6.54 Å². The minimum Gasteiger partial charge on any atom is -0.481 e. The summed E-state index contributed by atoms with van der Waals surface area (Å²) in [5, 5.41) is 2.88. The van der Waals surface area contributed by atoms with E-state index in [4.69, 9.17) is 4.74 Å². The van der Waals surface area contributed by atoms with Gasteiger partial charge in [0.1, 0.15) is 0 Å². The lowest BCUT2D eigenvalue weighted by molar-refractivity contribution is 0.0951. The first-order valence-electron chi connectivity index (χ1n) is 6.64. The van der Waals surface area contributed by atoms with Crippen molar-refractivity contribution in [3.05, 3.63) is 53.7 Å². The monoisotopic (exact) mass is 285 g/mol. The van der Waals surface area contributed by atoms with E-state index in [-0.39, 0.29) is 5.91 Å². The summed E-state index contributed by atoms with van der Waals surface area (Å²) >= 11 is 0. The molecule has 0 fully saturated rings. The third kappa shape index (κ3) is 3.95. The van der Waals surface area contributed by atoms with Gasteiger partial charge in [-0.3, -0.25) is 4.79 Å². The van der Waals surface area contributed by atoms with Crippen molar-refractivity contribution in [3.63, 3.8) is 0 Å². The van der Waals surface area contributed by atoms with Crippen molar-refractivity contribution in [2.75, 3.05) is 26.1 Å². The van der Waals surface area contributed by atoms with E-state index in [1.165, 1.54) is 0 Å². The van der Waals surface area contributed by atoms with Crippen molar-refractivity contribution >= 4 is 11.6 Å². The van der Waals surface area contributed by atoms with Crippen LogP contribution in [0.4, 0.5) is 5.69 Å². The van der Waals surface area contributed by atoms with Crippen molar-refractivity contribution in [1.29, 1.82) is 0 Å². The van der Waals surface area contributed by atoms with Gasteiger partial charge in [0.2, 0.25) is 5.88 Å². The molecule has 0 bridgehead atoms. The number of nitrogens with one attached hydrogen (secondary N) is 1. The number of amides is 1. The van der Waals surface area contributed by atoms with E-state index in [1.54, 1.807) is 19.4 Å². The number of rotatable bonds is 5. The van der Waals surface area contributed by atoms with Crippen LogP contribution in [0, 0.1) is 0 Å². The average Bonchev–Trinajstić information content (AvgIpc) is 2.53. The smallest absolute Gasteiger partial charge is 0.251 e. The first-order chi connectivity index (χ1) is 10.1. The molecular formula is C16H19N3O2. The zero-order chi connectivity index (χ0) is 15.2. The molecule has 110 valence electrons. The molecule has 1 aromatic carbocycles. The summed E-state index contributed by atoms with van der Waals surface area (Å²) in [4.78, 5) is 18.1. The minimum atomic E-state index is -0.101. The van der Waals surface area contributed by atoms with Crippen LogP contribution in [0.25, 0.3) is 0 Å². The molecule has 2 rings (SSSR count). The zero-order valence-corrected chi connectivity index (χ0v) is 12.5. The largest absolute Gasteiger partial charge is 0.481 e. The Morgan fingerprint density at radius 3 is 2.57 bits per heavy atom. The Morgan fingerprint density at radius 1 is 1.24 bits per heavy atom. The van der Waals surface area contributed by atoms with Gasteiger partial charge in [0.15, 0.2) is 0 Å². The summed E-state index contributed by atoms with van der Waals surface area (Å²) in [6, 6.07) is 11.1. The van der Waals surface area contributed by atoms with E-state index in [0.717, 1.165) is 11.3 Å². The highest BCUT2D eigenvalue weighted by Gasteiger charge is 2.06. The molecular weight excluding hydrogens is 266 g/mol. The quantitative estimate of drug-likeness (QED) is 0.914. The second-order valence-electron chi connectivity index (χ2n) is 4.83. The standard InChI is InChI=1S/C16H19N3O2/c1-19(2)14-6-4-13(5-7-14)16(20)18-11-12-8-9-17-15(10-12)21-3/h4-10H,11H2,1-3H3,(H,18,20). The number of aromatic nitrogens is 1. The Labute approximate surface area is 124 Å². The number of hydrogen-bond acceptors (Lipinski definition) is 4. The Morgan fingerprint density at radius 2 is 1.95 bits per heavy atom. The molecule has 2 aromatic rings. The Hall–Kier alpha value is -2.56. The van der Waals surface area contributed by atoms with Gasteiger partial charge in [-0.25, -0.2) is 4.98 Å². The van der Waals surface area contributed by atoms with Gasteiger partial charge in [0.05, 0.1) is 7.11 Å². The number of carbonyl (C=O) groups excluding carboxylic acids is 1. The van der Waals surface area contributed by atoms with Crippen molar-refractivity contribution < 1.29 is 9.53 Å². The Kier molecular flexibility index (Phi) is 4.77. The number of nitrogens with zero attached hydrogens (tertiary/aromatic N) is 2. The van der Waals surface area contributed by atoms with Gasteiger partial charge >= 0.3 is 0 Å². The van der Waals surface area contributed by atoms with E-state index >= 15 is 0 Å². The summed E-state index contributed by atoms with van der Waals surface area (Å²) in [6.07, 6.45) is 1.66. The van der Waals surface area contributed by atoms with Gasteiger partial charge in [-0.15, -0.1) is 0 Å². The molecule has 1 amide bonds. The van der Waals surface area contributed by atoms with Crippen LogP contribution in [0.2, 0.25) is 0 Å². The lowest BCUT2D eigenvalue weighted by Gasteiger charge is -2.12. The number of ether oxygens (including phenoxy) is 1. The fourth-order valence-electron chi connectivity index (χ4n) is 1.87. The van der Waals surface area contributed by atoms with E-state index in [2.05, 4.69) is 10.3 Å². The maximum absolute atomic E-state index is 12.1. The summed E-state index contributed by atoms with van der Waals surface area (Å²) in [5.41, 5.74) is 2.65. The molecule has 0 aliphatic heterocycles.